The quantitative estimate of drug-likeness (QED) is 0.764. The summed E-state index contributed by atoms with van der Waals surface area (Å²) in [5, 5.41) is 3.27. The van der Waals surface area contributed by atoms with E-state index in [1.807, 2.05) is 6.92 Å². The van der Waals surface area contributed by atoms with Gasteiger partial charge in [-0.1, -0.05) is 72.8 Å². The lowest BCUT2D eigenvalue weighted by atomic mass is 10.0. The van der Waals surface area contributed by atoms with E-state index in [2.05, 4.69) is 73.9 Å². The lowest BCUT2D eigenvalue weighted by Gasteiger charge is -2.10. The molecule has 1 nitrogen and oxygen atoms in total. The molecule has 0 amide bonds. The topological polar surface area (TPSA) is 12.0 Å². The number of hydrogen-bond acceptors (Lipinski definition) is 1. The number of nitrogens with one attached hydrogen (secondary N) is 1. The second kappa shape index (κ2) is 6.25. The number of rotatable bonds is 5. The fourth-order valence-electron chi connectivity index (χ4n) is 2.05. The summed E-state index contributed by atoms with van der Waals surface area (Å²) >= 11 is 0. The van der Waals surface area contributed by atoms with Crippen LogP contribution >= 0.6 is 0 Å². The molecule has 0 aliphatic heterocycles. The first-order valence-electron chi connectivity index (χ1n) is 6.81. The van der Waals surface area contributed by atoms with Crippen molar-refractivity contribution in [1.82, 2.24) is 5.32 Å². The fourth-order valence-corrected chi connectivity index (χ4v) is 2.05. The van der Waals surface area contributed by atoms with E-state index < -0.39 is 0 Å². The van der Waals surface area contributed by atoms with Gasteiger partial charge < -0.3 is 5.32 Å². The van der Waals surface area contributed by atoms with Crippen LogP contribution in [0.4, 0.5) is 0 Å². The van der Waals surface area contributed by atoms with E-state index in [-0.39, 0.29) is 0 Å². The first kappa shape index (κ1) is 14.1. The van der Waals surface area contributed by atoms with Gasteiger partial charge in [0.05, 0.1) is 0 Å². The predicted octanol–water partition coefficient (Wildman–Crippen LogP) is 4.80. The molecule has 0 aliphatic carbocycles. The molecule has 0 bridgehead atoms. The third-order valence-corrected chi connectivity index (χ3v) is 3.19. The number of hydrogen-bond donors (Lipinski definition) is 1. The Kier molecular flexibility index (Phi) is 4.41. The molecule has 0 spiro atoms. The maximum Gasteiger partial charge on any atom is 0.0354 e. The van der Waals surface area contributed by atoms with Gasteiger partial charge >= 0.3 is 0 Å². The number of aryl methyl sites for hydroxylation is 1. The second-order valence-corrected chi connectivity index (χ2v) is 5.24. The first-order valence-corrected chi connectivity index (χ1v) is 6.81. The summed E-state index contributed by atoms with van der Waals surface area (Å²) in [6, 6.07) is 17.0. The monoisotopic (exact) mass is 263 g/mol. The van der Waals surface area contributed by atoms with Crippen molar-refractivity contribution in [1.29, 1.82) is 0 Å². The summed E-state index contributed by atoms with van der Waals surface area (Å²) in [6.07, 6.45) is 0. The first-order chi connectivity index (χ1) is 9.56. The van der Waals surface area contributed by atoms with E-state index in [1.165, 1.54) is 16.7 Å². The molecule has 0 aromatic heterocycles. The van der Waals surface area contributed by atoms with Gasteiger partial charge in [-0.3, -0.25) is 0 Å². The third kappa shape index (κ3) is 3.61. The minimum atomic E-state index is 0.762. The van der Waals surface area contributed by atoms with E-state index in [0.717, 1.165) is 23.4 Å². The van der Waals surface area contributed by atoms with Crippen molar-refractivity contribution in [2.75, 3.05) is 6.54 Å². The highest BCUT2D eigenvalue weighted by molar-refractivity contribution is 5.69. The Morgan fingerprint density at radius 1 is 1.00 bits per heavy atom. The van der Waals surface area contributed by atoms with Gasteiger partial charge in [0, 0.05) is 12.2 Å². The third-order valence-electron chi connectivity index (χ3n) is 3.19. The van der Waals surface area contributed by atoms with Crippen molar-refractivity contribution in [3.05, 3.63) is 78.4 Å². The molecule has 0 fully saturated rings. The highest BCUT2D eigenvalue weighted by Gasteiger charge is 2.01. The molecule has 20 heavy (non-hydrogen) atoms. The SMILES string of the molecule is C=C(C)CNC(=C)c1ccc(-c2cccc(C)c2)cc1. The molecule has 1 N–H and O–H groups in total. The maximum absolute atomic E-state index is 4.06. The lowest BCUT2D eigenvalue weighted by molar-refractivity contribution is 0.962. The highest BCUT2D eigenvalue weighted by Crippen LogP contribution is 2.22. The van der Waals surface area contributed by atoms with E-state index in [1.54, 1.807) is 0 Å². The van der Waals surface area contributed by atoms with Crippen LogP contribution in [0.1, 0.15) is 18.1 Å². The summed E-state index contributed by atoms with van der Waals surface area (Å²) in [5.41, 5.74) is 6.90. The summed E-state index contributed by atoms with van der Waals surface area (Å²) in [6.45, 7) is 12.8. The molecule has 0 atom stereocenters. The standard InChI is InChI=1S/C19H21N/c1-14(2)13-20-16(4)17-8-10-18(11-9-17)19-7-5-6-15(3)12-19/h5-12,20H,1,4,13H2,2-3H3. The summed E-state index contributed by atoms with van der Waals surface area (Å²) in [5.74, 6) is 0. The molecule has 1 heteroatoms. The van der Waals surface area contributed by atoms with E-state index >= 15 is 0 Å². The van der Waals surface area contributed by atoms with Crippen LogP contribution in [-0.4, -0.2) is 6.54 Å². The molecule has 0 heterocycles. The molecular weight excluding hydrogens is 242 g/mol. The van der Waals surface area contributed by atoms with Crippen LogP contribution in [0, 0.1) is 6.92 Å². The molecule has 2 aromatic rings. The molecule has 2 rings (SSSR count). The van der Waals surface area contributed by atoms with Crippen LogP contribution in [0.15, 0.2) is 67.3 Å². The van der Waals surface area contributed by atoms with Gasteiger partial charge in [0.15, 0.2) is 0 Å². The van der Waals surface area contributed by atoms with E-state index in [0.29, 0.717) is 0 Å². The van der Waals surface area contributed by atoms with Crippen LogP contribution in [0.3, 0.4) is 0 Å². The Labute approximate surface area is 121 Å². The van der Waals surface area contributed by atoms with Crippen LogP contribution in [0.5, 0.6) is 0 Å². The van der Waals surface area contributed by atoms with E-state index in [4.69, 9.17) is 0 Å². The smallest absolute Gasteiger partial charge is 0.0354 e. The Morgan fingerprint density at radius 3 is 2.30 bits per heavy atom. The normalized spacial score (nSPS) is 10.1. The van der Waals surface area contributed by atoms with E-state index in [9.17, 15) is 0 Å². The maximum atomic E-state index is 4.06. The number of benzene rings is 2. The minimum Gasteiger partial charge on any atom is -0.381 e. The molecule has 0 unspecified atom stereocenters. The van der Waals surface area contributed by atoms with Gasteiger partial charge in [-0.05, 0) is 30.5 Å². The van der Waals surface area contributed by atoms with Crippen molar-refractivity contribution in [3.8, 4) is 11.1 Å². The van der Waals surface area contributed by atoms with Crippen molar-refractivity contribution in [3.63, 3.8) is 0 Å². The van der Waals surface area contributed by atoms with Crippen molar-refractivity contribution < 1.29 is 0 Å². The Balaban J connectivity index is 2.14. The second-order valence-electron chi connectivity index (χ2n) is 5.24. The molecule has 2 aromatic carbocycles. The van der Waals surface area contributed by atoms with Crippen molar-refractivity contribution in [2.45, 2.75) is 13.8 Å². The molecule has 0 radical (unpaired) electrons. The van der Waals surface area contributed by atoms with Gasteiger partial charge in [-0.2, -0.15) is 0 Å². The molecule has 102 valence electrons. The van der Waals surface area contributed by atoms with Crippen LogP contribution in [-0.2, 0) is 0 Å². The van der Waals surface area contributed by atoms with Crippen molar-refractivity contribution >= 4 is 5.70 Å². The zero-order chi connectivity index (χ0) is 14.5. The molecular formula is C19H21N. The van der Waals surface area contributed by atoms with Gasteiger partial charge in [0.2, 0.25) is 0 Å². The predicted molar refractivity (Wildman–Crippen MR) is 88.5 cm³/mol. The van der Waals surface area contributed by atoms with Crippen LogP contribution in [0.2, 0.25) is 0 Å². The highest BCUT2D eigenvalue weighted by atomic mass is 14.9. The zero-order valence-electron chi connectivity index (χ0n) is 12.2. The summed E-state index contributed by atoms with van der Waals surface area (Å²) < 4.78 is 0. The van der Waals surface area contributed by atoms with Crippen LogP contribution in [0.25, 0.3) is 16.8 Å². The molecule has 0 aliphatic rings. The fraction of sp³-hybridized carbons (Fsp3) is 0.158. The minimum absolute atomic E-state index is 0.762. The Hall–Kier alpha value is -2.28. The Morgan fingerprint density at radius 2 is 1.70 bits per heavy atom. The summed E-state index contributed by atoms with van der Waals surface area (Å²) in [4.78, 5) is 0. The van der Waals surface area contributed by atoms with Gasteiger partial charge in [-0.25, -0.2) is 0 Å². The van der Waals surface area contributed by atoms with Gasteiger partial charge in [0.1, 0.15) is 0 Å². The molecule has 0 saturated carbocycles. The summed E-state index contributed by atoms with van der Waals surface area (Å²) in [7, 11) is 0. The molecule has 0 saturated heterocycles. The zero-order valence-corrected chi connectivity index (χ0v) is 12.2. The van der Waals surface area contributed by atoms with Crippen molar-refractivity contribution in [2.24, 2.45) is 0 Å². The average molecular weight is 263 g/mol. The largest absolute Gasteiger partial charge is 0.381 e. The van der Waals surface area contributed by atoms with Gasteiger partial charge in [-0.15, -0.1) is 0 Å². The lowest BCUT2D eigenvalue weighted by Crippen LogP contribution is -2.13. The van der Waals surface area contributed by atoms with Crippen LogP contribution < -0.4 is 5.32 Å². The van der Waals surface area contributed by atoms with Gasteiger partial charge in [0.25, 0.3) is 0 Å². The Bertz CT molecular complexity index is 620. The average Bonchev–Trinajstić information content (AvgIpc) is 2.45.